The molecule has 0 unspecified atom stereocenters. The predicted octanol–water partition coefficient (Wildman–Crippen LogP) is 3.49. The van der Waals surface area contributed by atoms with Crippen molar-refractivity contribution in [3.05, 3.63) is 74.3 Å². The molecule has 0 amide bonds. The molecule has 0 spiro atoms. The molecule has 10 nitrogen and oxygen atoms in total. The van der Waals surface area contributed by atoms with E-state index in [2.05, 4.69) is 15.2 Å². The van der Waals surface area contributed by atoms with E-state index in [4.69, 9.17) is 4.74 Å². The minimum Gasteiger partial charge on any atom is -0.483 e. The molecule has 0 saturated carbocycles. The first kappa shape index (κ1) is 18.3. The molecule has 12 heteroatoms. The van der Waals surface area contributed by atoms with Gasteiger partial charge in [0.15, 0.2) is 17.4 Å². The fourth-order valence-corrected chi connectivity index (χ4v) is 2.86. The van der Waals surface area contributed by atoms with Crippen molar-refractivity contribution in [2.45, 2.75) is 16.7 Å². The lowest BCUT2D eigenvalue weighted by molar-refractivity contribution is -0.396. The number of aromatic amines is 1. The molecular weight excluding hydrogens is 381 g/mol. The minimum atomic E-state index is -0.718. The maximum atomic E-state index is 13.5. The number of aromatic nitrogens is 3. The Bertz CT molecular complexity index is 1010. The van der Waals surface area contributed by atoms with Crippen LogP contribution in [-0.4, -0.2) is 25.0 Å². The van der Waals surface area contributed by atoms with Crippen LogP contribution < -0.4 is 4.74 Å². The van der Waals surface area contributed by atoms with Gasteiger partial charge in [0.05, 0.1) is 20.8 Å². The molecule has 0 radical (unpaired) electrons. The molecule has 0 aliphatic heterocycles. The van der Waals surface area contributed by atoms with E-state index >= 15 is 0 Å². The third-order valence-corrected chi connectivity index (χ3v) is 4.19. The van der Waals surface area contributed by atoms with Crippen LogP contribution in [-0.2, 0) is 6.61 Å². The lowest BCUT2D eigenvalue weighted by Crippen LogP contribution is -1.99. The standard InChI is InChI=1S/C15H10FN5O5S/c16-10-3-1-2-4-12(10)26-8-14-17-15(19-18-14)27-13-6-5-9(20(22)23)7-11(13)21(24)25/h1-7H,8H2,(H,17,18,19). The Balaban J connectivity index is 1.73. The number of hydrogen-bond acceptors (Lipinski definition) is 8. The average molecular weight is 391 g/mol. The molecule has 27 heavy (non-hydrogen) atoms. The Morgan fingerprint density at radius 3 is 2.63 bits per heavy atom. The first-order valence-corrected chi connectivity index (χ1v) is 8.15. The molecule has 2 aromatic carbocycles. The van der Waals surface area contributed by atoms with Crippen molar-refractivity contribution in [3.63, 3.8) is 0 Å². The normalized spacial score (nSPS) is 10.6. The predicted molar refractivity (Wildman–Crippen MR) is 91.0 cm³/mol. The van der Waals surface area contributed by atoms with Crippen molar-refractivity contribution in [1.82, 2.24) is 15.2 Å². The molecule has 0 fully saturated rings. The number of halogens is 1. The van der Waals surface area contributed by atoms with Crippen LogP contribution >= 0.6 is 11.8 Å². The van der Waals surface area contributed by atoms with E-state index in [0.717, 1.165) is 23.9 Å². The fourth-order valence-electron chi connectivity index (χ4n) is 2.04. The first-order valence-electron chi connectivity index (χ1n) is 7.33. The van der Waals surface area contributed by atoms with Gasteiger partial charge < -0.3 is 4.74 Å². The zero-order valence-corrected chi connectivity index (χ0v) is 14.2. The average Bonchev–Trinajstić information content (AvgIpc) is 3.08. The first-order chi connectivity index (χ1) is 12.9. The maximum absolute atomic E-state index is 13.5. The molecule has 0 saturated heterocycles. The molecule has 3 rings (SSSR count). The number of non-ortho nitro benzene ring substituents is 1. The van der Waals surface area contributed by atoms with Gasteiger partial charge in [-0.15, -0.1) is 5.10 Å². The summed E-state index contributed by atoms with van der Waals surface area (Å²) in [5.74, 6) is -0.187. The van der Waals surface area contributed by atoms with Gasteiger partial charge >= 0.3 is 0 Å². The highest BCUT2D eigenvalue weighted by Crippen LogP contribution is 2.35. The Morgan fingerprint density at radius 2 is 1.93 bits per heavy atom. The molecule has 0 aliphatic carbocycles. The number of nitrogens with zero attached hydrogens (tertiary/aromatic N) is 4. The summed E-state index contributed by atoms with van der Waals surface area (Å²) in [7, 11) is 0. The topological polar surface area (TPSA) is 137 Å². The second-order valence-electron chi connectivity index (χ2n) is 5.05. The van der Waals surface area contributed by atoms with Crippen LogP contribution in [0.5, 0.6) is 5.75 Å². The van der Waals surface area contributed by atoms with Crippen molar-refractivity contribution in [2.75, 3.05) is 0 Å². The monoisotopic (exact) mass is 391 g/mol. The molecule has 3 aromatic rings. The van der Waals surface area contributed by atoms with Crippen molar-refractivity contribution < 1.29 is 19.0 Å². The van der Waals surface area contributed by atoms with Crippen LogP contribution in [0.1, 0.15) is 5.82 Å². The maximum Gasteiger partial charge on any atom is 0.290 e. The molecular formula is C15H10FN5O5S. The lowest BCUT2D eigenvalue weighted by atomic mass is 10.3. The highest BCUT2D eigenvalue weighted by Gasteiger charge is 2.21. The summed E-state index contributed by atoms with van der Waals surface area (Å²) in [5.41, 5.74) is -0.817. The van der Waals surface area contributed by atoms with Gasteiger partial charge in [-0.2, -0.15) is 0 Å². The van der Waals surface area contributed by atoms with Gasteiger partial charge in [0.1, 0.15) is 6.61 Å². The largest absolute Gasteiger partial charge is 0.483 e. The number of hydrogen-bond donors (Lipinski definition) is 1. The summed E-state index contributed by atoms with van der Waals surface area (Å²) >= 11 is 0.861. The molecule has 0 bridgehead atoms. The van der Waals surface area contributed by atoms with E-state index in [1.54, 1.807) is 6.07 Å². The number of nitro groups is 2. The number of rotatable bonds is 7. The SMILES string of the molecule is O=[N+]([O-])c1ccc(Sc2n[nH]c(COc3ccccc3F)n2)c([N+](=O)[O-])c1. The van der Waals surface area contributed by atoms with Gasteiger partial charge in [-0.3, -0.25) is 25.3 Å². The van der Waals surface area contributed by atoms with Crippen molar-refractivity contribution in [1.29, 1.82) is 0 Å². The molecule has 1 N–H and O–H groups in total. The van der Waals surface area contributed by atoms with Crippen LogP contribution in [0.15, 0.2) is 52.5 Å². The van der Waals surface area contributed by atoms with Crippen molar-refractivity contribution in [2.24, 2.45) is 0 Å². The molecule has 138 valence electrons. The van der Waals surface area contributed by atoms with Crippen LogP contribution in [0.4, 0.5) is 15.8 Å². The Hall–Kier alpha value is -3.54. The molecule has 1 heterocycles. The number of H-pyrrole nitrogens is 1. The quantitative estimate of drug-likeness (QED) is 0.477. The summed E-state index contributed by atoms with van der Waals surface area (Å²) < 4.78 is 18.8. The zero-order chi connectivity index (χ0) is 19.4. The second-order valence-corrected chi connectivity index (χ2v) is 6.06. The zero-order valence-electron chi connectivity index (χ0n) is 13.4. The van der Waals surface area contributed by atoms with E-state index < -0.39 is 21.4 Å². The van der Waals surface area contributed by atoms with Crippen LogP contribution in [0, 0.1) is 26.0 Å². The van der Waals surface area contributed by atoms with Gasteiger partial charge in [0, 0.05) is 6.07 Å². The smallest absolute Gasteiger partial charge is 0.290 e. The number of benzene rings is 2. The van der Waals surface area contributed by atoms with Gasteiger partial charge in [-0.25, -0.2) is 9.37 Å². The summed E-state index contributed by atoms with van der Waals surface area (Å²) in [6.45, 7) is -0.0865. The van der Waals surface area contributed by atoms with Gasteiger partial charge in [0.2, 0.25) is 5.16 Å². The van der Waals surface area contributed by atoms with Crippen molar-refractivity contribution in [3.8, 4) is 5.75 Å². The number of nitrogens with one attached hydrogen (secondary N) is 1. The van der Waals surface area contributed by atoms with E-state index in [1.807, 2.05) is 0 Å². The summed E-state index contributed by atoms with van der Waals surface area (Å²) in [5, 5.41) is 28.6. The summed E-state index contributed by atoms with van der Waals surface area (Å²) in [6.07, 6.45) is 0. The van der Waals surface area contributed by atoms with E-state index in [0.29, 0.717) is 0 Å². The Kier molecular flexibility index (Phi) is 5.26. The Morgan fingerprint density at radius 1 is 1.15 bits per heavy atom. The molecule has 0 aliphatic rings. The van der Waals surface area contributed by atoms with Gasteiger partial charge in [0.25, 0.3) is 11.4 Å². The van der Waals surface area contributed by atoms with E-state index in [-0.39, 0.29) is 33.9 Å². The third-order valence-electron chi connectivity index (χ3n) is 3.26. The lowest BCUT2D eigenvalue weighted by Gasteiger charge is -2.04. The Labute approximate surface area is 154 Å². The third kappa shape index (κ3) is 4.36. The van der Waals surface area contributed by atoms with Crippen LogP contribution in [0.3, 0.4) is 0 Å². The van der Waals surface area contributed by atoms with E-state index in [9.17, 15) is 24.6 Å². The fraction of sp³-hybridized carbons (Fsp3) is 0.0667. The van der Waals surface area contributed by atoms with Crippen LogP contribution in [0.2, 0.25) is 0 Å². The van der Waals surface area contributed by atoms with E-state index in [1.165, 1.54) is 24.3 Å². The minimum absolute atomic E-state index is 0.0501. The highest BCUT2D eigenvalue weighted by molar-refractivity contribution is 7.99. The summed E-state index contributed by atoms with van der Waals surface area (Å²) in [6, 6.07) is 9.15. The summed E-state index contributed by atoms with van der Waals surface area (Å²) in [4.78, 5) is 24.7. The van der Waals surface area contributed by atoms with Gasteiger partial charge in [-0.05, 0) is 30.0 Å². The number of para-hydroxylation sites is 1. The number of ether oxygens (including phenoxy) is 1. The highest BCUT2D eigenvalue weighted by atomic mass is 32.2. The molecule has 1 aromatic heterocycles. The van der Waals surface area contributed by atoms with Crippen molar-refractivity contribution >= 4 is 23.1 Å². The van der Waals surface area contributed by atoms with Crippen LogP contribution in [0.25, 0.3) is 0 Å². The molecule has 0 atom stereocenters. The second kappa shape index (κ2) is 7.78. The van der Waals surface area contributed by atoms with Gasteiger partial charge in [-0.1, -0.05) is 12.1 Å². The number of nitro benzene ring substituents is 2.